The monoisotopic (exact) mass is 285 g/mol. The van der Waals surface area contributed by atoms with Crippen molar-refractivity contribution in [2.75, 3.05) is 13.1 Å². The van der Waals surface area contributed by atoms with Gasteiger partial charge in [-0.05, 0) is 27.2 Å². The van der Waals surface area contributed by atoms with Crippen molar-refractivity contribution in [2.24, 2.45) is 0 Å². The summed E-state index contributed by atoms with van der Waals surface area (Å²) in [6.45, 7) is 7.33. The van der Waals surface area contributed by atoms with Crippen molar-refractivity contribution in [3.8, 4) is 0 Å². The molecule has 0 aromatic carbocycles. The van der Waals surface area contributed by atoms with E-state index in [-0.39, 0.29) is 5.91 Å². The molecule has 3 amide bonds. The molecular weight excluding hydrogens is 262 g/mol. The second-order valence-corrected chi connectivity index (χ2v) is 5.78. The largest absolute Gasteiger partial charge is 0.480 e. The molecule has 0 saturated carbocycles. The summed E-state index contributed by atoms with van der Waals surface area (Å²) < 4.78 is 0. The molecule has 1 fully saturated rings. The molecule has 114 valence electrons. The zero-order chi connectivity index (χ0) is 15.6. The molecule has 1 aliphatic rings. The lowest BCUT2D eigenvalue weighted by atomic mass is 9.95. The second-order valence-electron chi connectivity index (χ2n) is 5.78. The molecule has 1 saturated heterocycles. The summed E-state index contributed by atoms with van der Waals surface area (Å²) in [5, 5.41) is 14.5. The number of aliphatic carboxylic acids is 1. The number of nitrogens with one attached hydrogen (secondary N) is 2. The lowest BCUT2D eigenvalue weighted by Crippen LogP contribution is -2.67. The SMILES string of the molecule is CCCC(C)(NC(=O)N1CCNC(=O)C1(C)C)C(=O)O. The first-order chi connectivity index (χ1) is 9.15. The molecule has 1 aliphatic heterocycles. The molecule has 1 heterocycles. The van der Waals surface area contributed by atoms with E-state index in [1.165, 1.54) is 11.8 Å². The van der Waals surface area contributed by atoms with Crippen LogP contribution in [0, 0.1) is 0 Å². The van der Waals surface area contributed by atoms with E-state index in [0.717, 1.165) is 0 Å². The van der Waals surface area contributed by atoms with Gasteiger partial charge >= 0.3 is 12.0 Å². The van der Waals surface area contributed by atoms with E-state index >= 15 is 0 Å². The molecule has 0 spiro atoms. The maximum absolute atomic E-state index is 12.3. The predicted octanol–water partition coefficient (Wildman–Crippen LogP) is 0.550. The summed E-state index contributed by atoms with van der Waals surface area (Å²) in [6.07, 6.45) is 0.960. The van der Waals surface area contributed by atoms with Crippen molar-refractivity contribution in [3.05, 3.63) is 0 Å². The molecule has 0 aliphatic carbocycles. The van der Waals surface area contributed by atoms with E-state index in [1.54, 1.807) is 13.8 Å². The first-order valence-electron chi connectivity index (χ1n) is 6.76. The van der Waals surface area contributed by atoms with Gasteiger partial charge in [-0.15, -0.1) is 0 Å². The molecule has 1 atom stereocenters. The van der Waals surface area contributed by atoms with Crippen LogP contribution >= 0.6 is 0 Å². The molecule has 20 heavy (non-hydrogen) atoms. The summed E-state index contributed by atoms with van der Waals surface area (Å²) in [4.78, 5) is 36.9. The van der Waals surface area contributed by atoms with Crippen LogP contribution in [0.3, 0.4) is 0 Å². The van der Waals surface area contributed by atoms with Crippen molar-refractivity contribution >= 4 is 17.9 Å². The smallest absolute Gasteiger partial charge is 0.329 e. The zero-order valence-corrected chi connectivity index (χ0v) is 12.4. The highest BCUT2D eigenvalue weighted by atomic mass is 16.4. The summed E-state index contributed by atoms with van der Waals surface area (Å²) in [5.41, 5.74) is -2.32. The molecule has 0 radical (unpaired) electrons. The Balaban J connectivity index is 2.89. The molecule has 1 rings (SSSR count). The number of piperazine rings is 1. The molecule has 7 nitrogen and oxygen atoms in total. The van der Waals surface area contributed by atoms with Crippen LogP contribution in [0.4, 0.5) is 4.79 Å². The number of carbonyl (C=O) groups is 3. The second kappa shape index (κ2) is 5.68. The normalized spacial score (nSPS) is 20.8. The third kappa shape index (κ3) is 3.02. The zero-order valence-electron chi connectivity index (χ0n) is 12.4. The summed E-state index contributed by atoms with van der Waals surface area (Å²) in [5.74, 6) is -1.32. The standard InChI is InChI=1S/C13H23N3O4/c1-5-6-13(4,10(18)19)15-11(20)16-8-7-14-9(17)12(16,2)3/h5-8H2,1-4H3,(H,14,17)(H,15,20)(H,18,19). The van der Waals surface area contributed by atoms with Gasteiger partial charge in [0.2, 0.25) is 5.91 Å². The van der Waals surface area contributed by atoms with Gasteiger partial charge in [0.1, 0.15) is 11.1 Å². The number of carbonyl (C=O) groups excluding carboxylic acids is 2. The topological polar surface area (TPSA) is 98.7 Å². The summed E-state index contributed by atoms with van der Waals surface area (Å²) in [6, 6.07) is -0.525. The lowest BCUT2D eigenvalue weighted by molar-refractivity contribution is -0.144. The number of hydrogen-bond donors (Lipinski definition) is 3. The van der Waals surface area contributed by atoms with Crippen molar-refractivity contribution in [1.82, 2.24) is 15.5 Å². The van der Waals surface area contributed by atoms with E-state index in [4.69, 9.17) is 0 Å². The van der Waals surface area contributed by atoms with Crippen LogP contribution in [0.1, 0.15) is 40.5 Å². The van der Waals surface area contributed by atoms with E-state index in [9.17, 15) is 19.5 Å². The number of rotatable bonds is 4. The van der Waals surface area contributed by atoms with Crippen LogP contribution in [-0.4, -0.2) is 52.1 Å². The van der Waals surface area contributed by atoms with Gasteiger partial charge < -0.3 is 20.6 Å². The van der Waals surface area contributed by atoms with Crippen LogP contribution < -0.4 is 10.6 Å². The van der Waals surface area contributed by atoms with Crippen LogP contribution in [0.2, 0.25) is 0 Å². The van der Waals surface area contributed by atoms with Gasteiger partial charge in [-0.2, -0.15) is 0 Å². The number of carboxylic acid groups (broad SMARTS) is 1. The van der Waals surface area contributed by atoms with Gasteiger partial charge in [-0.25, -0.2) is 9.59 Å². The fourth-order valence-corrected chi connectivity index (χ4v) is 2.28. The highest BCUT2D eigenvalue weighted by Crippen LogP contribution is 2.20. The molecular formula is C13H23N3O4. The Morgan fingerprint density at radius 3 is 2.60 bits per heavy atom. The highest BCUT2D eigenvalue weighted by Gasteiger charge is 2.43. The van der Waals surface area contributed by atoms with Crippen LogP contribution in [-0.2, 0) is 9.59 Å². The minimum Gasteiger partial charge on any atom is -0.480 e. The minimum atomic E-state index is -1.32. The van der Waals surface area contributed by atoms with Crippen LogP contribution in [0.15, 0.2) is 0 Å². The molecule has 0 bridgehead atoms. The van der Waals surface area contributed by atoms with Crippen molar-refractivity contribution in [1.29, 1.82) is 0 Å². The average Bonchev–Trinajstić information content (AvgIpc) is 2.32. The fraction of sp³-hybridized carbons (Fsp3) is 0.769. The third-order valence-electron chi connectivity index (χ3n) is 3.70. The Kier molecular flexibility index (Phi) is 4.62. The molecule has 0 aromatic rings. The first-order valence-corrected chi connectivity index (χ1v) is 6.76. The van der Waals surface area contributed by atoms with Gasteiger partial charge in [-0.1, -0.05) is 13.3 Å². The number of hydrogen-bond acceptors (Lipinski definition) is 3. The Morgan fingerprint density at radius 1 is 1.50 bits per heavy atom. The molecule has 0 aromatic heterocycles. The van der Waals surface area contributed by atoms with Gasteiger partial charge in [0.05, 0.1) is 0 Å². The Labute approximate surface area is 118 Å². The van der Waals surface area contributed by atoms with Crippen molar-refractivity contribution < 1.29 is 19.5 Å². The van der Waals surface area contributed by atoms with Crippen LogP contribution in [0.25, 0.3) is 0 Å². The van der Waals surface area contributed by atoms with Crippen LogP contribution in [0.5, 0.6) is 0 Å². The van der Waals surface area contributed by atoms with E-state index in [0.29, 0.717) is 25.9 Å². The average molecular weight is 285 g/mol. The van der Waals surface area contributed by atoms with Gasteiger partial charge in [0, 0.05) is 13.1 Å². The van der Waals surface area contributed by atoms with E-state index in [1.807, 2.05) is 6.92 Å². The first kappa shape index (κ1) is 16.3. The Hall–Kier alpha value is -1.79. The summed E-state index contributed by atoms with van der Waals surface area (Å²) in [7, 11) is 0. The van der Waals surface area contributed by atoms with Gasteiger partial charge in [0.15, 0.2) is 0 Å². The van der Waals surface area contributed by atoms with Gasteiger partial charge in [-0.3, -0.25) is 4.79 Å². The minimum absolute atomic E-state index is 0.244. The van der Waals surface area contributed by atoms with E-state index < -0.39 is 23.1 Å². The highest BCUT2D eigenvalue weighted by molar-refractivity contribution is 5.93. The predicted molar refractivity (Wildman–Crippen MR) is 73.3 cm³/mol. The fourth-order valence-electron chi connectivity index (χ4n) is 2.28. The van der Waals surface area contributed by atoms with Crippen molar-refractivity contribution in [3.63, 3.8) is 0 Å². The number of amides is 3. The summed E-state index contributed by atoms with van der Waals surface area (Å²) >= 11 is 0. The molecule has 3 N–H and O–H groups in total. The van der Waals surface area contributed by atoms with Gasteiger partial charge in [0.25, 0.3) is 0 Å². The lowest BCUT2D eigenvalue weighted by Gasteiger charge is -2.42. The molecule has 7 heteroatoms. The Bertz CT molecular complexity index is 422. The number of carboxylic acids is 1. The van der Waals surface area contributed by atoms with Crippen molar-refractivity contribution in [2.45, 2.75) is 51.6 Å². The Morgan fingerprint density at radius 2 is 2.10 bits per heavy atom. The maximum Gasteiger partial charge on any atom is 0.329 e. The maximum atomic E-state index is 12.3. The third-order valence-corrected chi connectivity index (χ3v) is 3.70. The number of urea groups is 1. The number of nitrogens with zero attached hydrogens (tertiary/aromatic N) is 1. The van der Waals surface area contributed by atoms with E-state index in [2.05, 4.69) is 10.6 Å². The molecule has 1 unspecified atom stereocenters. The quantitative estimate of drug-likeness (QED) is 0.702.